The van der Waals surface area contributed by atoms with Crippen LogP contribution in [-0.4, -0.2) is 39.7 Å². The van der Waals surface area contributed by atoms with E-state index in [-0.39, 0.29) is 25.1 Å². The van der Waals surface area contributed by atoms with Crippen LogP contribution in [0.1, 0.15) is 19.3 Å². The van der Waals surface area contributed by atoms with Crippen LogP contribution in [0.25, 0.3) is 16.7 Å². The summed E-state index contributed by atoms with van der Waals surface area (Å²) in [6.45, 7) is 0.211. The molecule has 1 aliphatic heterocycles. The quantitative estimate of drug-likeness (QED) is 0.795. The molecule has 0 unspecified atom stereocenters. The third-order valence-electron chi connectivity index (χ3n) is 3.66. The van der Waals surface area contributed by atoms with E-state index in [1.807, 2.05) is 18.2 Å². The molecule has 23 heavy (non-hydrogen) atoms. The molecule has 0 N–H and O–H groups in total. The molecule has 5 nitrogen and oxygen atoms in total. The summed E-state index contributed by atoms with van der Waals surface area (Å²) in [7, 11) is 0. The van der Waals surface area contributed by atoms with Crippen LogP contribution in [0, 0.1) is 0 Å². The first-order valence-corrected chi connectivity index (χ1v) is 7.09. The fraction of sp³-hybridized carbons (Fsp3) is 0.333. The van der Waals surface area contributed by atoms with Crippen molar-refractivity contribution in [1.82, 2.24) is 15.0 Å². The van der Waals surface area contributed by atoms with E-state index in [0.29, 0.717) is 23.1 Å². The molecule has 0 fully saturated rings. The Morgan fingerprint density at radius 1 is 1.26 bits per heavy atom. The molecule has 1 aliphatic rings. The largest absolute Gasteiger partial charge is 0.389 e. The summed E-state index contributed by atoms with van der Waals surface area (Å²) in [6, 6.07) is 7.25. The Bertz CT molecular complexity index is 804. The van der Waals surface area contributed by atoms with E-state index in [9.17, 15) is 18.0 Å². The van der Waals surface area contributed by atoms with Gasteiger partial charge in [0.25, 0.3) is 0 Å². The van der Waals surface area contributed by atoms with Gasteiger partial charge in [-0.05, 0) is 25.0 Å². The number of nitrogens with zero attached hydrogens (tertiary/aromatic N) is 4. The van der Waals surface area contributed by atoms with E-state index >= 15 is 0 Å². The summed E-state index contributed by atoms with van der Waals surface area (Å²) < 4.78 is 38.6. The summed E-state index contributed by atoms with van der Waals surface area (Å²) in [5, 5.41) is 8.08. The number of aldehydes is 1. The molecule has 0 aliphatic carbocycles. The van der Waals surface area contributed by atoms with Crippen LogP contribution in [0.4, 0.5) is 13.2 Å². The normalized spacial score (nSPS) is 15.3. The van der Waals surface area contributed by atoms with Gasteiger partial charge in [-0.3, -0.25) is 9.79 Å². The van der Waals surface area contributed by atoms with Crippen molar-refractivity contribution in [1.29, 1.82) is 0 Å². The molecular formula is C15H13F3N4O. The number of alkyl halides is 3. The third-order valence-corrected chi connectivity index (χ3v) is 3.66. The van der Waals surface area contributed by atoms with Crippen LogP contribution >= 0.6 is 0 Å². The number of allylic oxidation sites excluding steroid dienone is 1. The van der Waals surface area contributed by atoms with Crippen molar-refractivity contribution in [3.8, 4) is 0 Å². The predicted molar refractivity (Wildman–Crippen MR) is 79.0 cm³/mol. The zero-order chi connectivity index (χ0) is 16.4. The first-order chi connectivity index (χ1) is 11.0. The predicted octanol–water partition coefficient (Wildman–Crippen LogP) is 3.03. The maximum atomic E-state index is 12.3. The monoisotopic (exact) mass is 322 g/mol. The van der Waals surface area contributed by atoms with Crippen molar-refractivity contribution >= 4 is 28.7 Å². The average molecular weight is 322 g/mol. The lowest BCUT2D eigenvalue weighted by atomic mass is 10.0. The molecule has 0 atom stereocenters. The zero-order valence-corrected chi connectivity index (χ0v) is 12.0. The fourth-order valence-electron chi connectivity index (χ4n) is 2.61. The molecule has 0 amide bonds. The number of hydrogen-bond donors (Lipinski definition) is 0. The van der Waals surface area contributed by atoms with Gasteiger partial charge in [0.05, 0.1) is 17.8 Å². The third kappa shape index (κ3) is 3.15. The van der Waals surface area contributed by atoms with Gasteiger partial charge in [0.15, 0.2) is 6.29 Å². The second kappa shape index (κ2) is 5.94. The van der Waals surface area contributed by atoms with Gasteiger partial charge in [0.1, 0.15) is 11.2 Å². The Hall–Kier alpha value is -2.51. The Morgan fingerprint density at radius 3 is 2.78 bits per heavy atom. The molecule has 120 valence electrons. The van der Waals surface area contributed by atoms with E-state index in [4.69, 9.17) is 0 Å². The highest BCUT2D eigenvalue weighted by atomic mass is 19.4. The van der Waals surface area contributed by atoms with Crippen LogP contribution in [0.2, 0.25) is 0 Å². The lowest BCUT2D eigenvalue weighted by Crippen LogP contribution is -2.10. The number of fused-ring (bicyclic) bond motifs is 1. The molecule has 0 saturated carbocycles. The molecule has 0 saturated heterocycles. The summed E-state index contributed by atoms with van der Waals surface area (Å²) >= 11 is 0. The van der Waals surface area contributed by atoms with E-state index in [1.54, 1.807) is 10.7 Å². The smallest absolute Gasteiger partial charge is 0.296 e. The number of para-hydroxylation sites is 1. The first kappa shape index (κ1) is 15.4. The number of benzene rings is 1. The molecule has 1 aromatic carbocycles. The molecule has 8 heteroatoms. The number of aliphatic imine (C=N–C) groups is 1. The van der Waals surface area contributed by atoms with E-state index in [0.717, 1.165) is 5.52 Å². The van der Waals surface area contributed by atoms with E-state index in [2.05, 4.69) is 15.3 Å². The Labute approximate surface area is 129 Å². The average Bonchev–Trinajstić information content (AvgIpc) is 3.09. The van der Waals surface area contributed by atoms with Gasteiger partial charge in [0.2, 0.25) is 0 Å². The minimum absolute atomic E-state index is 0.0954. The van der Waals surface area contributed by atoms with Crippen LogP contribution in [0.5, 0.6) is 0 Å². The number of rotatable bonds is 5. The lowest BCUT2D eigenvalue weighted by molar-refractivity contribution is -0.135. The minimum atomic E-state index is -4.21. The zero-order valence-electron chi connectivity index (χ0n) is 12.0. The topological polar surface area (TPSA) is 60.1 Å². The molecule has 0 spiro atoms. The number of carbonyl (C=O) groups excluding carboxylic acids is 1. The van der Waals surface area contributed by atoms with Crippen molar-refractivity contribution in [2.24, 2.45) is 4.99 Å². The Morgan fingerprint density at radius 2 is 2.04 bits per heavy atom. The van der Waals surface area contributed by atoms with Gasteiger partial charge >= 0.3 is 6.18 Å². The molecule has 1 aromatic heterocycles. The summed E-state index contributed by atoms with van der Waals surface area (Å²) in [5.41, 5.74) is 2.73. The van der Waals surface area contributed by atoms with Gasteiger partial charge in [0, 0.05) is 12.0 Å². The highest BCUT2D eigenvalue weighted by Gasteiger charge is 2.28. The highest BCUT2D eigenvalue weighted by molar-refractivity contribution is 6.38. The maximum Gasteiger partial charge on any atom is 0.389 e. The van der Waals surface area contributed by atoms with Crippen molar-refractivity contribution in [2.75, 3.05) is 6.54 Å². The van der Waals surface area contributed by atoms with Crippen LogP contribution in [0.15, 0.2) is 34.8 Å². The Balaban J connectivity index is 1.94. The van der Waals surface area contributed by atoms with E-state index in [1.165, 1.54) is 0 Å². The van der Waals surface area contributed by atoms with Crippen molar-refractivity contribution in [3.05, 3.63) is 29.8 Å². The summed E-state index contributed by atoms with van der Waals surface area (Å²) in [4.78, 5) is 15.2. The molecule has 2 aromatic rings. The molecule has 3 rings (SSSR count). The minimum Gasteiger partial charge on any atom is -0.296 e. The summed E-state index contributed by atoms with van der Waals surface area (Å²) in [5.74, 6) is 0. The number of hydrogen-bond acceptors (Lipinski definition) is 4. The molecule has 2 heterocycles. The maximum absolute atomic E-state index is 12.3. The molecule has 0 radical (unpaired) electrons. The van der Waals surface area contributed by atoms with Crippen molar-refractivity contribution < 1.29 is 18.0 Å². The molecule has 0 bridgehead atoms. The highest BCUT2D eigenvalue weighted by Crippen LogP contribution is 2.29. The van der Waals surface area contributed by atoms with Gasteiger partial charge in [-0.2, -0.15) is 13.2 Å². The van der Waals surface area contributed by atoms with Gasteiger partial charge in [-0.1, -0.05) is 17.3 Å². The van der Waals surface area contributed by atoms with Crippen molar-refractivity contribution in [2.45, 2.75) is 25.4 Å². The second-order valence-corrected chi connectivity index (χ2v) is 5.20. The van der Waals surface area contributed by atoms with Crippen molar-refractivity contribution in [3.63, 3.8) is 0 Å². The second-order valence-electron chi connectivity index (χ2n) is 5.20. The number of aromatic nitrogens is 3. The fourth-order valence-corrected chi connectivity index (χ4v) is 2.61. The SMILES string of the molecule is O=CC1=NCC(n2nnc3ccccc32)=C1CCCC(F)(F)F. The Kier molecular flexibility index (Phi) is 3.97. The number of halogens is 3. The number of carbonyl (C=O) groups is 1. The standard InChI is InChI=1S/C15H13F3N4O/c16-15(17,18)7-3-4-10-12(9-23)19-8-14(10)22-13-6-2-1-5-11(13)20-21-22/h1-2,5-6,9H,3-4,7-8H2. The van der Waals surface area contributed by atoms with Crippen LogP contribution in [-0.2, 0) is 4.79 Å². The first-order valence-electron chi connectivity index (χ1n) is 7.09. The van der Waals surface area contributed by atoms with E-state index < -0.39 is 12.6 Å². The van der Waals surface area contributed by atoms with Gasteiger partial charge < -0.3 is 0 Å². The van der Waals surface area contributed by atoms with Gasteiger partial charge in [-0.25, -0.2) is 4.68 Å². The lowest BCUT2D eigenvalue weighted by Gasteiger charge is -2.09. The molecular weight excluding hydrogens is 309 g/mol. The van der Waals surface area contributed by atoms with Crippen LogP contribution in [0.3, 0.4) is 0 Å². The van der Waals surface area contributed by atoms with Crippen LogP contribution < -0.4 is 0 Å². The summed E-state index contributed by atoms with van der Waals surface area (Å²) in [6.07, 6.45) is -4.50. The van der Waals surface area contributed by atoms with Gasteiger partial charge in [-0.15, -0.1) is 5.10 Å².